The molecule has 10 heavy (non-hydrogen) atoms. The van der Waals surface area contributed by atoms with E-state index in [-0.39, 0.29) is 0 Å². The van der Waals surface area contributed by atoms with E-state index in [9.17, 15) is 0 Å². The summed E-state index contributed by atoms with van der Waals surface area (Å²) >= 11 is 0. The minimum absolute atomic E-state index is 0.992. The lowest BCUT2D eigenvalue weighted by atomic mass is 10.3. The fourth-order valence-corrected chi connectivity index (χ4v) is 1.51. The van der Waals surface area contributed by atoms with E-state index in [0.717, 1.165) is 6.04 Å². The lowest BCUT2D eigenvalue weighted by Crippen LogP contribution is -2.21. The third kappa shape index (κ3) is 4.34. The monoisotopic (exact) mass is 153 g/mol. The second-order valence-corrected chi connectivity index (χ2v) is 7.88. The Morgan fingerprint density at radius 1 is 1.50 bits per heavy atom. The first-order valence-corrected chi connectivity index (χ1v) is 6.73. The van der Waals surface area contributed by atoms with Crippen molar-refractivity contribution in [3.05, 3.63) is 11.6 Å². The summed E-state index contributed by atoms with van der Waals surface area (Å²) in [7, 11) is -1.51. The highest BCUT2D eigenvalue weighted by Crippen LogP contribution is 2.09. The molecule has 0 saturated carbocycles. The lowest BCUT2D eigenvalue weighted by molar-refractivity contribution is 1.34. The van der Waals surface area contributed by atoms with Gasteiger partial charge in [-0.3, -0.25) is 0 Å². The Bertz CT molecular complexity index is 170. The fourth-order valence-electron chi connectivity index (χ4n) is 0.505. The number of nitriles is 1. The van der Waals surface area contributed by atoms with E-state index in [1.54, 1.807) is 0 Å². The zero-order chi connectivity index (χ0) is 8.20. The van der Waals surface area contributed by atoms with Crippen LogP contribution in [-0.2, 0) is 0 Å². The predicted molar refractivity (Wildman–Crippen MR) is 47.3 cm³/mol. The largest absolute Gasteiger partial charge is 0.207 e. The minimum atomic E-state index is -1.51. The number of rotatable bonds is 2. The average Bonchev–Trinajstić information content (AvgIpc) is 1.85. The summed E-state index contributed by atoms with van der Waals surface area (Å²) in [5.41, 5.74) is 3.71. The highest BCUT2D eigenvalue weighted by atomic mass is 28.3. The second-order valence-electron chi connectivity index (χ2n) is 3.48. The van der Waals surface area contributed by atoms with Crippen molar-refractivity contribution >= 4 is 8.07 Å². The van der Waals surface area contributed by atoms with Crippen molar-refractivity contribution in [2.24, 2.45) is 0 Å². The molecule has 0 aliphatic heterocycles. The molecule has 0 heterocycles. The van der Waals surface area contributed by atoms with Gasteiger partial charge >= 0.3 is 0 Å². The van der Waals surface area contributed by atoms with E-state index in [1.807, 2.05) is 0 Å². The molecule has 0 unspecified atom stereocenters. The molecule has 0 fully saturated rings. The molecule has 0 rings (SSSR count). The summed E-state index contributed by atoms with van der Waals surface area (Å²) in [5.74, 6) is 0. The molecule has 1 nitrogen and oxygen atoms in total. The molecule has 0 atom stereocenters. The topological polar surface area (TPSA) is 23.8 Å². The van der Waals surface area contributed by atoms with Crippen molar-refractivity contribution in [3.63, 3.8) is 0 Å². The van der Waals surface area contributed by atoms with Crippen molar-refractivity contribution in [2.75, 3.05) is 0 Å². The molecular weight excluding hydrogens is 138 g/mol. The van der Waals surface area contributed by atoms with Gasteiger partial charge in [0.2, 0.25) is 0 Å². The second kappa shape index (κ2) is 3.57. The zero-order valence-electron chi connectivity index (χ0n) is 7.23. The van der Waals surface area contributed by atoms with E-state index < -0.39 is 8.07 Å². The van der Waals surface area contributed by atoms with Gasteiger partial charge in [-0.05, 0) is 19.9 Å². The smallest absolute Gasteiger partial charge is 0.171 e. The SMILES string of the molecule is CC(C)=CC[Si](C)(C)C#N. The quantitative estimate of drug-likeness (QED) is 0.442. The van der Waals surface area contributed by atoms with Gasteiger partial charge in [0.15, 0.2) is 8.07 Å². The number of hydrogen-bond donors (Lipinski definition) is 0. The number of allylic oxidation sites excluding steroid dienone is 2. The van der Waals surface area contributed by atoms with Gasteiger partial charge in [-0.15, -0.1) is 0 Å². The molecule has 0 aliphatic rings. The van der Waals surface area contributed by atoms with Gasteiger partial charge < -0.3 is 0 Å². The zero-order valence-corrected chi connectivity index (χ0v) is 8.23. The van der Waals surface area contributed by atoms with Gasteiger partial charge in [0.05, 0.1) is 0 Å². The Balaban J connectivity index is 3.94. The Morgan fingerprint density at radius 3 is 2.30 bits per heavy atom. The summed E-state index contributed by atoms with van der Waals surface area (Å²) in [6.07, 6.45) is 2.16. The molecule has 0 amide bonds. The van der Waals surface area contributed by atoms with Gasteiger partial charge in [-0.1, -0.05) is 24.7 Å². The van der Waals surface area contributed by atoms with Crippen LogP contribution in [0.4, 0.5) is 0 Å². The molecule has 0 bridgehead atoms. The van der Waals surface area contributed by atoms with Gasteiger partial charge in [-0.25, -0.2) is 5.26 Å². The minimum Gasteiger partial charge on any atom is -0.207 e. The van der Waals surface area contributed by atoms with E-state index in [1.165, 1.54) is 5.57 Å². The molecule has 0 aromatic carbocycles. The van der Waals surface area contributed by atoms with Crippen molar-refractivity contribution < 1.29 is 0 Å². The molecule has 0 aromatic heterocycles. The molecular formula is C8H15NSi. The molecule has 2 heteroatoms. The lowest BCUT2D eigenvalue weighted by Gasteiger charge is -2.07. The molecule has 0 spiro atoms. The summed E-state index contributed by atoms with van der Waals surface area (Å²) in [6.45, 7) is 8.32. The summed E-state index contributed by atoms with van der Waals surface area (Å²) < 4.78 is 0. The van der Waals surface area contributed by atoms with E-state index >= 15 is 0 Å². The van der Waals surface area contributed by atoms with E-state index in [0.29, 0.717) is 0 Å². The predicted octanol–water partition coefficient (Wildman–Crippen LogP) is 2.72. The third-order valence-corrected chi connectivity index (χ3v) is 3.15. The number of nitrogens with zero attached hydrogens (tertiary/aromatic N) is 1. The Morgan fingerprint density at radius 2 is 2.00 bits per heavy atom. The maximum absolute atomic E-state index is 8.69. The Hall–Kier alpha value is -0.553. The Labute approximate surface area is 64.4 Å². The molecule has 0 saturated heterocycles. The Kier molecular flexibility index (Phi) is 3.38. The van der Waals surface area contributed by atoms with E-state index in [4.69, 9.17) is 5.26 Å². The van der Waals surface area contributed by atoms with E-state index in [2.05, 4.69) is 38.7 Å². The van der Waals surface area contributed by atoms with Crippen LogP contribution in [0.5, 0.6) is 0 Å². The van der Waals surface area contributed by atoms with Crippen LogP contribution >= 0.6 is 0 Å². The van der Waals surface area contributed by atoms with Crippen molar-refractivity contribution in [2.45, 2.75) is 33.0 Å². The van der Waals surface area contributed by atoms with Crippen LogP contribution in [0, 0.1) is 11.0 Å². The highest BCUT2D eigenvalue weighted by Gasteiger charge is 2.17. The van der Waals surface area contributed by atoms with Crippen LogP contribution in [0.1, 0.15) is 13.8 Å². The standard InChI is InChI=1S/C8H15NSi/c1-8(2)5-6-10(3,4)7-9/h5H,6H2,1-4H3. The van der Waals surface area contributed by atoms with Crippen molar-refractivity contribution in [3.8, 4) is 5.69 Å². The molecule has 0 radical (unpaired) electrons. The average molecular weight is 153 g/mol. The third-order valence-electron chi connectivity index (χ3n) is 1.32. The van der Waals surface area contributed by atoms with Crippen LogP contribution < -0.4 is 0 Å². The molecule has 0 N–H and O–H groups in total. The summed E-state index contributed by atoms with van der Waals surface area (Å²) in [6, 6.07) is 0.992. The van der Waals surface area contributed by atoms with Gasteiger partial charge in [0, 0.05) is 5.69 Å². The first-order valence-electron chi connectivity index (χ1n) is 3.52. The highest BCUT2D eigenvalue weighted by molar-refractivity contribution is 6.84. The van der Waals surface area contributed by atoms with Crippen LogP contribution in [0.2, 0.25) is 19.1 Å². The fraction of sp³-hybridized carbons (Fsp3) is 0.625. The van der Waals surface area contributed by atoms with Gasteiger partial charge in [-0.2, -0.15) is 0 Å². The first kappa shape index (κ1) is 9.45. The molecule has 0 aliphatic carbocycles. The van der Waals surface area contributed by atoms with Crippen molar-refractivity contribution in [1.82, 2.24) is 0 Å². The maximum atomic E-state index is 8.69. The molecule has 0 aromatic rings. The molecule has 56 valence electrons. The van der Waals surface area contributed by atoms with Crippen LogP contribution in [-0.4, -0.2) is 8.07 Å². The number of hydrogen-bond acceptors (Lipinski definition) is 1. The van der Waals surface area contributed by atoms with Gasteiger partial charge in [0.25, 0.3) is 0 Å². The maximum Gasteiger partial charge on any atom is 0.171 e. The van der Waals surface area contributed by atoms with Gasteiger partial charge in [0.1, 0.15) is 0 Å². The van der Waals surface area contributed by atoms with Crippen LogP contribution in [0.25, 0.3) is 0 Å². The summed E-state index contributed by atoms with van der Waals surface area (Å²) in [5, 5.41) is 8.69. The summed E-state index contributed by atoms with van der Waals surface area (Å²) in [4.78, 5) is 0. The van der Waals surface area contributed by atoms with Crippen molar-refractivity contribution in [1.29, 1.82) is 5.26 Å². The van der Waals surface area contributed by atoms with Crippen LogP contribution in [0.3, 0.4) is 0 Å². The van der Waals surface area contributed by atoms with Crippen LogP contribution in [0.15, 0.2) is 11.6 Å². The normalized spacial score (nSPS) is 10.3. The first-order chi connectivity index (χ1) is 4.48.